The zero-order valence-corrected chi connectivity index (χ0v) is 11.7. The third-order valence-electron chi connectivity index (χ3n) is 3.10. The van der Waals surface area contributed by atoms with Crippen molar-refractivity contribution in [3.8, 4) is 5.75 Å². The van der Waals surface area contributed by atoms with Crippen LogP contribution in [0.3, 0.4) is 0 Å². The van der Waals surface area contributed by atoms with E-state index in [2.05, 4.69) is 20.6 Å². The second-order valence-corrected chi connectivity index (χ2v) is 4.59. The lowest BCUT2D eigenvalue weighted by Gasteiger charge is -2.11. The molecule has 0 unspecified atom stereocenters. The van der Waals surface area contributed by atoms with Gasteiger partial charge < -0.3 is 15.7 Å². The number of hydrogen-bond acceptors (Lipinski definition) is 5. The molecule has 106 valence electrons. The number of anilines is 3. The van der Waals surface area contributed by atoms with Gasteiger partial charge in [0.1, 0.15) is 11.6 Å². The number of nitrogens with one attached hydrogen (secondary N) is 2. The van der Waals surface area contributed by atoms with Crippen molar-refractivity contribution < 1.29 is 5.11 Å². The fraction of sp³-hybridized carbons (Fsp3) is 0.125. The topological polar surface area (TPSA) is 70.1 Å². The van der Waals surface area contributed by atoms with Crippen molar-refractivity contribution >= 4 is 28.4 Å². The van der Waals surface area contributed by atoms with Crippen molar-refractivity contribution in [3.05, 3.63) is 48.5 Å². The molecular formula is C16H16N4O. The Kier molecular flexibility index (Phi) is 3.55. The summed E-state index contributed by atoms with van der Waals surface area (Å²) >= 11 is 0. The summed E-state index contributed by atoms with van der Waals surface area (Å²) in [5.41, 5.74) is 1.43. The van der Waals surface area contributed by atoms with E-state index < -0.39 is 0 Å². The van der Waals surface area contributed by atoms with Crippen LogP contribution in [0, 0.1) is 0 Å². The lowest BCUT2D eigenvalue weighted by molar-refractivity contribution is 0.477. The third kappa shape index (κ3) is 2.72. The van der Waals surface area contributed by atoms with Gasteiger partial charge in [-0.05, 0) is 31.2 Å². The van der Waals surface area contributed by atoms with Crippen molar-refractivity contribution in [2.45, 2.75) is 6.92 Å². The molecule has 0 radical (unpaired) electrons. The average molecular weight is 280 g/mol. The van der Waals surface area contributed by atoms with Gasteiger partial charge in [0.05, 0.1) is 11.2 Å². The molecule has 0 aliphatic rings. The Morgan fingerprint density at radius 2 is 1.76 bits per heavy atom. The van der Waals surface area contributed by atoms with E-state index in [0.717, 1.165) is 23.3 Å². The first-order chi connectivity index (χ1) is 10.3. The van der Waals surface area contributed by atoms with E-state index >= 15 is 0 Å². The van der Waals surface area contributed by atoms with E-state index in [0.29, 0.717) is 11.6 Å². The molecule has 3 rings (SSSR count). The summed E-state index contributed by atoms with van der Waals surface area (Å²) in [5.74, 6) is 1.39. The molecular weight excluding hydrogens is 264 g/mol. The second kappa shape index (κ2) is 5.66. The molecule has 0 atom stereocenters. The minimum atomic E-state index is 0.166. The summed E-state index contributed by atoms with van der Waals surface area (Å²) in [6.07, 6.45) is 0. The summed E-state index contributed by atoms with van der Waals surface area (Å²) in [6.45, 7) is 2.80. The van der Waals surface area contributed by atoms with Crippen LogP contribution < -0.4 is 10.6 Å². The third-order valence-corrected chi connectivity index (χ3v) is 3.10. The smallest absolute Gasteiger partial charge is 0.229 e. The van der Waals surface area contributed by atoms with Crippen LogP contribution >= 0.6 is 0 Å². The number of nitrogens with zero attached hydrogens (tertiary/aromatic N) is 2. The van der Waals surface area contributed by atoms with Gasteiger partial charge in [-0.1, -0.05) is 24.3 Å². The van der Waals surface area contributed by atoms with E-state index in [1.54, 1.807) is 18.2 Å². The number of benzene rings is 2. The standard InChI is InChI=1S/C16H16N4O/c1-2-17-15-11-7-3-4-8-12(11)18-16(20-15)19-13-9-5-6-10-14(13)21/h3-10,21H,2H2,1H3,(H2,17,18,19,20). The Balaban J connectivity index is 2.05. The van der Waals surface area contributed by atoms with Crippen molar-refractivity contribution in [1.82, 2.24) is 9.97 Å². The van der Waals surface area contributed by atoms with Crippen molar-refractivity contribution in [1.29, 1.82) is 0 Å². The maximum absolute atomic E-state index is 9.82. The highest BCUT2D eigenvalue weighted by molar-refractivity contribution is 5.90. The van der Waals surface area contributed by atoms with Crippen molar-refractivity contribution in [2.75, 3.05) is 17.2 Å². The van der Waals surface area contributed by atoms with Crippen LogP contribution in [0.4, 0.5) is 17.5 Å². The molecule has 0 aliphatic heterocycles. The van der Waals surface area contributed by atoms with Crippen LogP contribution in [0.5, 0.6) is 5.75 Å². The van der Waals surface area contributed by atoms with Crippen LogP contribution in [-0.4, -0.2) is 21.6 Å². The van der Waals surface area contributed by atoms with E-state index in [1.165, 1.54) is 0 Å². The quantitative estimate of drug-likeness (QED) is 0.638. The largest absolute Gasteiger partial charge is 0.506 e. The first kappa shape index (κ1) is 13.2. The van der Waals surface area contributed by atoms with Gasteiger partial charge in [0, 0.05) is 11.9 Å². The molecule has 5 heteroatoms. The zero-order chi connectivity index (χ0) is 14.7. The summed E-state index contributed by atoms with van der Waals surface area (Å²) in [5, 5.41) is 17.1. The second-order valence-electron chi connectivity index (χ2n) is 4.59. The van der Waals surface area contributed by atoms with Crippen LogP contribution in [-0.2, 0) is 0 Å². The molecule has 0 aliphatic carbocycles. The molecule has 1 aromatic heterocycles. The number of aromatic nitrogens is 2. The Labute approximate surface area is 122 Å². The van der Waals surface area contributed by atoms with Gasteiger partial charge in [-0.25, -0.2) is 4.98 Å². The Bertz CT molecular complexity index is 773. The minimum Gasteiger partial charge on any atom is -0.506 e. The van der Waals surface area contributed by atoms with E-state index in [4.69, 9.17) is 0 Å². The highest BCUT2D eigenvalue weighted by atomic mass is 16.3. The molecule has 21 heavy (non-hydrogen) atoms. The first-order valence-electron chi connectivity index (χ1n) is 6.83. The van der Waals surface area contributed by atoms with Crippen molar-refractivity contribution in [2.24, 2.45) is 0 Å². The molecule has 0 saturated carbocycles. The molecule has 0 bridgehead atoms. The van der Waals surface area contributed by atoms with Crippen LogP contribution in [0.15, 0.2) is 48.5 Å². The van der Waals surface area contributed by atoms with Gasteiger partial charge in [0.2, 0.25) is 5.95 Å². The van der Waals surface area contributed by atoms with Gasteiger partial charge in [-0.2, -0.15) is 4.98 Å². The molecule has 1 heterocycles. The number of phenolic OH excluding ortho intramolecular Hbond substituents is 1. The number of aromatic hydroxyl groups is 1. The molecule has 3 N–H and O–H groups in total. The first-order valence-corrected chi connectivity index (χ1v) is 6.83. The molecule has 5 nitrogen and oxygen atoms in total. The summed E-state index contributed by atoms with van der Waals surface area (Å²) in [6, 6.07) is 14.8. The fourth-order valence-corrected chi connectivity index (χ4v) is 2.13. The predicted octanol–water partition coefficient (Wildman–Crippen LogP) is 3.51. The van der Waals surface area contributed by atoms with Gasteiger partial charge in [-0.15, -0.1) is 0 Å². The highest BCUT2D eigenvalue weighted by Gasteiger charge is 2.08. The maximum atomic E-state index is 9.82. The van der Waals surface area contributed by atoms with Gasteiger partial charge >= 0.3 is 0 Å². The Hall–Kier alpha value is -2.82. The number of fused-ring (bicyclic) bond motifs is 1. The lowest BCUT2D eigenvalue weighted by atomic mass is 10.2. The Morgan fingerprint density at radius 3 is 2.57 bits per heavy atom. The number of phenols is 1. The van der Waals surface area contributed by atoms with E-state index in [-0.39, 0.29) is 5.75 Å². The zero-order valence-electron chi connectivity index (χ0n) is 11.7. The molecule has 2 aromatic carbocycles. The van der Waals surface area contributed by atoms with Crippen LogP contribution in [0.2, 0.25) is 0 Å². The van der Waals surface area contributed by atoms with Crippen LogP contribution in [0.25, 0.3) is 10.9 Å². The average Bonchev–Trinajstić information content (AvgIpc) is 2.50. The van der Waals surface area contributed by atoms with E-state index in [1.807, 2.05) is 37.3 Å². The molecule has 0 fully saturated rings. The SMILES string of the molecule is CCNc1nc(Nc2ccccc2O)nc2ccccc12. The maximum Gasteiger partial charge on any atom is 0.229 e. The fourth-order valence-electron chi connectivity index (χ4n) is 2.13. The number of hydrogen-bond donors (Lipinski definition) is 3. The minimum absolute atomic E-state index is 0.166. The molecule has 0 saturated heterocycles. The summed E-state index contributed by atoms with van der Waals surface area (Å²) in [7, 11) is 0. The van der Waals surface area contributed by atoms with E-state index in [9.17, 15) is 5.11 Å². The number of para-hydroxylation sites is 3. The molecule has 0 amide bonds. The normalized spacial score (nSPS) is 10.5. The molecule has 0 spiro atoms. The lowest BCUT2D eigenvalue weighted by Crippen LogP contribution is -2.04. The van der Waals surface area contributed by atoms with Crippen LogP contribution in [0.1, 0.15) is 6.92 Å². The monoisotopic (exact) mass is 280 g/mol. The van der Waals surface area contributed by atoms with Crippen molar-refractivity contribution in [3.63, 3.8) is 0 Å². The number of rotatable bonds is 4. The van der Waals surface area contributed by atoms with Gasteiger partial charge in [-0.3, -0.25) is 0 Å². The molecule has 3 aromatic rings. The Morgan fingerprint density at radius 1 is 1.00 bits per heavy atom. The summed E-state index contributed by atoms with van der Waals surface area (Å²) < 4.78 is 0. The van der Waals surface area contributed by atoms with Gasteiger partial charge in [0.25, 0.3) is 0 Å². The highest BCUT2D eigenvalue weighted by Crippen LogP contribution is 2.27. The predicted molar refractivity (Wildman–Crippen MR) is 85.1 cm³/mol. The van der Waals surface area contributed by atoms with Gasteiger partial charge in [0.15, 0.2) is 0 Å². The summed E-state index contributed by atoms with van der Waals surface area (Å²) in [4.78, 5) is 8.96.